The lowest BCUT2D eigenvalue weighted by Gasteiger charge is -2.22. The maximum atomic E-state index is 5.73. The largest absolute Gasteiger partial charge is 0.481 e. The van der Waals surface area contributed by atoms with Gasteiger partial charge in [-0.3, -0.25) is 0 Å². The maximum Gasteiger partial charge on any atom is 0.221 e. The van der Waals surface area contributed by atoms with Gasteiger partial charge in [-0.1, -0.05) is 0 Å². The van der Waals surface area contributed by atoms with E-state index < -0.39 is 0 Å². The Kier molecular flexibility index (Phi) is 3.85. The standard InChI is InChI=1S/C10H18N4O/c1-7(11)5-14(3)9-8(2)10(15-4)13-6-12-9/h6-7H,5,11H2,1-4H3. The zero-order chi connectivity index (χ0) is 11.4. The molecule has 0 saturated carbocycles. The third kappa shape index (κ3) is 2.79. The first kappa shape index (κ1) is 11.7. The molecule has 0 spiro atoms. The first-order valence-electron chi connectivity index (χ1n) is 4.88. The molecule has 84 valence electrons. The minimum atomic E-state index is 0.107. The van der Waals surface area contributed by atoms with E-state index in [1.54, 1.807) is 7.11 Å². The fourth-order valence-electron chi connectivity index (χ4n) is 1.53. The van der Waals surface area contributed by atoms with Crippen molar-refractivity contribution < 1.29 is 4.74 Å². The third-order valence-electron chi connectivity index (χ3n) is 2.13. The molecule has 1 aromatic heterocycles. The lowest BCUT2D eigenvalue weighted by Crippen LogP contribution is -2.33. The van der Waals surface area contributed by atoms with Crippen LogP contribution in [0.1, 0.15) is 12.5 Å². The normalized spacial score (nSPS) is 12.3. The summed E-state index contributed by atoms with van der Waals surface area (Å²) in [6.45, 7) is 4.65. The molecule has 0 radical (unpaired) electrons. The second kappa shape index (κ2) is 4.93. The van der Waals surface area contributed by atoms with Crippen molar-refractivity contribution in [3.63, 3.8) is 0 Å². The van der Waals surface area contributed by atoms with Crippen LogP contribution >= 0.6 is 0 Å². The summed E-state index contributed by atoms with van der Waals surface area (Å²) in [6, 6.07) is 0.107. The highest BCUT2D eigenvalue weighted by atomic mass is 16.5. The number of nitrogens with two attached hydrogens (primary N) is 1. The van der Waals surface area contributed by atoms with Gasteiger partial charge in [-0.15, -0.1) is 0 Å². The molecule has 2 N–H and O–H groups in total. The number of anilines is 1. The first-order valence-corrected chi connectivity index (χ1v) is 4.88. The van der Waals surface area contributed by atoms with E-state index in [1.807, 2.05) is 25.8 Å². The Labute approximate surface area is 90.3 Å². The van der Waals surface area contributed by atoms with Gasteiger partial charge in [0.25, 0.3) is 0 Å². The van der Waals surface area contributed by atoms with Gasteiger partial charge in [0.2, 0.25) is 5.88 Å². The maximum absolute atomic E-state index is 5.73. The van der Waals surface area contributed by atoms with Gasteiger partial charge in [0.15, 0.2) is 0 Å². The van der Waals surface area contributed by atoms with Crippen LogP contribution in [0.3, 0.4) is 0 Å². The minimum Gasteiger partial charge on any atom is -0.481 e. The third-order valence-corrected chi connectivity index (χ3v) is 2.13. The summed E-state index contributed by atoms with van der Waals surface area (Å²) >= 11 is 0. The lowest BCUT2D eigenvalue weighted by molar-refractivity contribution is 0.393. The number of methoxy groups -OCH3 is 1. The molecule has 1 aromatic rings. The smallest absolute Gasteiger partial charge is 0.221 e. The van der Waals surface area contributed by atoms with Crippen molar-refractivity contribution in [1.82, 2.24) is 9.97 Å². The van der Waals surface area contributed by atoms with E-state index in [1.165, 1.54) is 6.33 Å². The molecule has 15 heavy (non-hydrogen) atoms. The number of aromatic nitrogens is 2. The number of likely N-dealkylation sites (N-methyl/N-ethyl adjacent to an activating group) is 1. The summed E-state index contributed by atoms with van der Waals surface area (Å²) in [6.07, 6.45) is 1.50. The quantitative estimate of drug-likeness (QED) is 0.787. The molecule has 0 fully saturated rings. The van der Waals surface area contributed by atoms with Crippen LogP contribution in [0.4, 0.5) is 5.82 Å². The van der Waals surface area contributed by atoms with Gasteiger partial charge in [-0.25, -0.2) is 9.97 Å². The molecule has 0 bridgehead atoms. The van der Waals surface area contributed by atoms with Gasteiger partial charge in [0.05, 0.1) is 12.7 Å². The van der Waals surface area contributed by atoms with E-state index in [0.29, 0.717) is 5.88 Å². The van der Waals surface area contributed by atoms with Crippen molar-refractivity contribution in [3.05, 3.63) is 11.9 Å². The topological polar surface area (TPSA) is 64.3 Å². The zero-order valence-corrected chi connectivity index (χ0v) is 9.69. The molecule has 0 amide bonds. The molecule has 1 heterocycles. The first-order chi connectivity index (χ1) is 7.06. The van der Waals surface area contributed by atoms with E-state index in [-0.39, 0.29) is 6.04 Å². The molecule has 0 aliphatic heterocycles. The van der Waals surface area contributed by atoms with Gasteiger partial charge in [-0.05, 0) is 13.8 Å². The molecule has 1 unspecified atom stereocenters. The van der Waals surface area contributed by atoms with Gasteiger partial charge >= 0.3 is 0 Å². The summed E-state index contributed by atoms with van der Waals surface area (Å²) in [5.74, 6) is 1.47. The number of rotatable bonds is 4. The van der Waals surface area contributed by atoms with Crippen LogP contribution in [0, 0.1) is 6.92 Å². The van der Waals surface area contributed by atoms with Crippen molar-refractivity contribution in [2.75, 3.05) is 25.6 Å². The number of hydrogen-bond donors (Lipinski definition) is 1. The van der Waals surface area contributed by atoms with Crippen LogP contribution in [-0.2, 0) is 0 Å². The van der Waals surface area contributed by atoms with E-state index >= 15 is 0 Å². The van der Waals surface area contributed by atoms with E-state index in [0.717, 1.165) is 17.9 Å². The van der Waals surface area contributed by atoms with E-state index in [4.69, 9.17) is 10.5 Å². The summed E-state index contributed by atoms with van der Waals surface area (Å²) in [5, 5.41) is 0. The predicted octanol–water partition coefficient (Wildman–Crippen LogP) is 0.577. The molecule has 1 atom stereocenters. The van der Waals surface area contributed by atoms with Crippen molar-refractivity contribution in [2.45, 2.75) is 19.9 Å². The SMILES string of the molecule is COc1ncnc(N(C)CC(C)N)c1C. The number of ether oxygens (including phenoxy) is 1. The van der Waals surface area contributed by atoms with Crippen LogP contribution in [0.2, 0.25) is 0 Å². The van der Waals surface area contributed by atoms with Crippen LogP contribution in [0.15, 0.2) is 6.33 Å². The van der Waals surface area contributed by atoms with Gasteiger partial charge in [-0.2, -0.15) is 0 Å². The van der Waals surface area contributed by atoms with E-state index in [2.05, 4.69) is 9.97 Å². The van der Waals surface area contributed by atoms with Crippen LogP contribution in [0.5, 0.6) is 5.88 Å². The summed E-state index contributed by atoms with van der Waals surface area (Å²) < 4.78 is 5.13. The fraction of sp³-hybridized carbons (Fsp3) is 0.600. The highest BCUT2D eigenvalue weighted by molar-refractivity contribution is 5.49. The summed E-state index contributed by atoms with van der Waals surface area (Å²) in [5.41, 5.74) is 6.67. The zero-order valence-electron chi connectivity index (χ0n) is 9.69. The van der Waals surface area contributed by atoms with Crippen molar-refractivity contribution >= 4 is 5.82 Å². The van der Waals surface area contributed by atoms with Crippen LogP contribution in [0.25, 0.3) is 0 Å². The Balaban J connectivity index is 2.93. The Morgan fingerprint density at radius 3 is 2.73 bits per heavy atom. The number of hydrogen-bond acceptors (Lipinski definition) is 5. The molecule has 0 aliphatic carbocycles. The predicted molar refractivity (Wildman–Crippen MR) is 60.2 cm³/mol. The van der Waals surface area contributed by atoms with Crippen molar-refractivity contribution in [3.8, 4) is 5.88 Å². The van der Waals surface area contributed by atoms with E-state index in [9.17, 15) is 0 Å². The summed E-state index contributed by atoms with van der Waals surface area (Å²) in [4.78, 5) is 10.3. The second-order valence-corrected chi connectivity index (χ2v) is 3.69. The Hall–Kier alpha value is -1.36. The summed E-state index contributed by atoms with van der Waals surface area (Å²) in [7, 11) is 3.56. The Morgan fingerprint density at radius 2 is 2.20 bits per heavy atom. The average molecular weight is 210 g/mol. The highest BCUT2D eigenvalue weighted by Gasteiger charge is 2.12. The molecular formula is C10H18N4O. The molecule has 5 nitrogen and oxygen atoms in total. The van der Waals surface area contributed by atoms with Crippen LogP contribution in [-0.4, -0.2) is 36.7 Å². The average Bonchev–Trinajstić information content (AvgIpc) is 2.17. The molecule has 0 aromatic carbocycles. The van der Waals surface area contributed by atoms with Gasteiger partial charge < -0.3 is 15.4 Å². The molecule has 1 rings (SSSR count). The van der Waals surface area contributed by atoms with Gasteiger partial charge in [0, 0.05) is 19.6 Å². The Bertz CT molecular complexity index is 327. The van der Waals surface area contributed by atoms with Crippen molar-refractivity contribution in [1.29, 1.82) is 0 Å². The second-order valence-electron chi connectivity index (χ2n) is 3.69. The Morgan fingerprint density at radius 1 is 1.53 bits per heavy atom. The number of nitrogens with zero attached hydrogens (tertiary/aromatic N) is 3. The minimum absolute atomic E-state index is 0.107. The monoisotopic (exact) mass is 210 g/mol. The fourth-order valence-corrected chi connectivity index (χ4v) is 1.53. The lowest BCUT2D eigenvalue weighted by atomic mass is 10.3. The highest BCUT2D eigenvalue weighted by Crippen LogP contribution is 2.22. The molecule has 5 heteroatoms. The van der Waals surface area contributed by atoms with Crippen LogP contribution < -0.4 is 15.4 Å². The molecule has 0 aliphatic rings. The molecule has 0 saturated heterocycles. The van der Waals surface area contributed by atoms with Crippen molar-refractivity contribution in [2.24, 2.45) is 5.73 Å². The van der Waals surface area contributed by atoms with Gasteiger partial charge in [0.1, 0.15) is 12.1 Å². The molecular weight excluding hydrogens is 192 g/mol.